The summed E-state index contributed by atoms with van der Waals surface area (Å²) in [7, 11) is 0. The van der Waals surface area contributed by atoms with Gasteiger partial charge in [-0.25, -0.2) is 0 Å². The van der Waals surface area contributed by atoms with E-state index in [1.165, 1.54) is 0 Å². The third kappa shape index (κ3) is 8.70. The zero-order valence-corrected chi connectivity index (χ0v) is 21.8. The van der Waals surface area contributed by atoms with Crippen LogP contribution in [-0.2, 0) is 0 Å². The van der Waals surface area contributed by atoms with E-state index in [2.05, 4.69) is 42.5 Å². The van der Waals surface area contributed by atoms with Gasteiger partial charge in [-0.2, -0.15) is 11.8 Å². The summed E-state index contributed by atoms with van der Waals surface area (Å²) in [5, 5.41) is 17.3. The fourth-order valence-corrected chi connectivity index (χ4v) is 4.29. The molecular weight excluding hydrogens is 513 g/mol. The maximum Gasteiger partial charge on any atom is 0.191 e. The number of hydrogen-bond acceptors (Lipinski definition) is 5. The number of aliphatic imine (C=N–C) groups is 1. The number of thioether (sulfide) groups is 1. The van der Waals surface area contributed by atoms with Crippen LogP contribution >= 0.6 is 35.7 Å². The van der Waals surface area contributed by atoms with E-state index in [0.717, 1.165) is 54.4 Å². The SMILES string of the molecule is CCCOc1ccc(C(C)NC(=NCC2(O)CCSC2)NCC)cc1OCCC.I. The Morgan fingerprint density at radius 2 is 1.90 bits per heavy atom. The van der Waals surface area contributed by atoms with E-state index in [0.29, 0.717) is 25.7 Å². The molecule has 30 heavy (non-hydrogen) atoms. The molecule has 172 valence electrons. The van der Waals surface area contributed by atoms with Gasteiger partial charge in [0.25, 0.3) is 0 Å². The van der Waals surface area contributed by atoms with Gasteiger partial charge in [0.15, 0.2) is 17.5 Å². The van der Waals surface area contributed by atoms with Crippen LogP contribution in [0.4, 0.5) is 0 Å². The second kappa shape index (κ2) is 14.2. The van der Waals surface area contributed by atoms with Crippen molar-refractivity contribution in [2.45, 2.75) is 58.6 Å². The first-order valence-corrected chi connectivity index (χ1v) is 11.9. The quantitative estimate of drug-likeness (QED) is 0.216. The summed E-state index contributed by atoms with van der Waals surface area (Å²) < 4.78 is 11.8. The van der Waals surface area contributed by atoms with Crippen molar-refractivity contribution in [3.63, 3.8) is 0 Å². The molecule has 2 atom stereocenters. The number of guanidine groups is 1. The highest BCUT2D eigenvalue weighted by molar-refractivity contribution is 14.0. The first-order valence-electron chi connectivity index (χ1n) is 10.8. The monoisotopic (exact) mass is 551 g/mol. The third-order valence-corrected chi connectivity index (χ3v) is 5.94. The van der Waals surface area contributed by atoms with Crippen LogP contribution in [0.5, 0.6) is 11.5 Å². The fraction of sp³-hybridized carbons (Fsp3) is 0.682. The average Bonchev–Trinajstić information content (AvgIpc) is 3.16. The highest BCUT2D eigenvalue weighted by atomic mass is 127. The van der Waals surface area contributed by atoms with Crippen molar-refractivity contribution in [2.75, 3.05) is 37.8 Å². The lowest BCUT2D eigenvalue weighted by molar-refractivity contribution is 0.0778. The molecule has 1 aliphatic rings. The lowest BCUT2D eigenvalue weighted by Crippen LogP contribution is -2.41. The van der Waals surface area contributed by atoms with Gasteiger partial charge in [-0.3, -0.25) is 4.99 Å². The van der Waals surface area contributed by atoms with E-state index in [1.807, 2.05) is 19.1 Å². The molecule has 1 fully saturated rings. The largest absolute Gasteiger partial charge is 0.490 e. The van der Waals surface area contributed by atoms with E-state index in [4.69, 9.17) is 9.47 Å². The molecule has 2 rings (SSSR count). The topological polar surface area (TPSA) is 75.1 Å². The average molecular weight is 552 g/mol. The fourth-order valence-electron chi connectivity index (χ4n) is 3.01. The maximum absolute atomic E-state index is 10.6. The zero-order valence-electron chi connectivity index (χ0n) is 18.7. The third-order valence-electron chi connectivity index (χ3n) is 4.70. The summed E-state index contributed by atoms with van der Waals surface area (Å²) in [6.45, 7) is 10.8. The van der Waals surface area contributed by atoms with Crippen LogP contribution in [0.15, 0.2) is 23.2 Å². The summed E-state index contributed by atoms with van der Waals surface area (Å²) >= 11 is 1.79. The molecule has 0 amide bonds. The summed E-state index contributed by atoms with van der Waals surface area (Å²) in [5.74, 6) is 4.04. The van der Waals surface area contributed by atoms with Gasteiger partial charge in [0.1, 0.15) is 0 Å². The molecule has 1 saturated heterocycles. The molecule has 0 saturated carbocycles. The van der Waals surface area contributed by atoms with Crippen LogP contribution in [-0.4, -0.2) is 54.5 Å². The van der Waals surface area contributed by atoms with Crippen LogP contribution in [0, 0.1) is 0 Å². The van der Waals surface area contributed by atoms with Gasteiger partial charge < -0.3 is 25.2 Å². The number of halogens is 1. The first-order chi connectivity index (χ1) is 14.0. The van der Waals surface area contributed by atoms with Gasteiger partial charge in [-0.05, 0) is 56.6 Å². The maximum atomic E-state index is 10.6. The Morgan fingerprint density at radius 1 is 1.20 bits per heavy atom. The lowest BCUT2D eigenvalue weighted by atomic mass is 10.0. The van der Waals surface area contributed by atoms with Crippen molar-refractivity contribution in [1.29, 1.82) is 0 Å². The Kier molecular flexibility index (Phi) is 12.9. The Bertz CT molecular complexity index is 655. The van der Waals surface area contributed by atoms with Crippen molar-refractivity contribution < 1.29 is 14.6 Å². The summed E-state index contributed by atoms with van der Waals surface area (Å²) in [6.07, 6.45) is 2.71. The van der Waals surface area contributed by atoms with Gasteiger partial charge in [-0.1, -0.05) is 19.9 Å². The number of benzene rings is 1. The predicted molar refractivity (Wildman–Crippen MR) is 138 cm³/mol. The lowest BCUT2D eigenvalue weighted by Gasteiger charge is -2.22. The van der Waals surface area contributed by atoms with Crippen LogP contribution in [0.2, 0.25) is 0 Å². The van der Waals surface area contributed by atoms with E-state index >= 15 is 0 Å². The van der Waals surface area contributed by atoms with Gasteiger partial charge in [-0.15, -0.1) is 24.0 Å². The van der Waals surface area contributed by atoms with Crippen molar-refractivity contribution in [3.05, 3.63) is 23.8 Å². The summed E-state index contributed by atoms with van der Waals surface area (Å²) in [6, 6.07) is 6.12. The highest BCUT2D eigenvalue weighted by Gasteiger charge is 2.31. The number of rotatable bonds is 11. The van der Waals surface area contributed by atoms with E-state index in [9.17, 15) is 5.11 Å². The molecule has 0 aromatic heterocycles. The van der Waals surface area contributed by atoms with Crippen molar-refractivity contribution in [3.8, 4) is 11.5 Å². The van der Waals surface area contributed by atoms with E-state index < -0.39 is 5.60 Å². The predicted octanol–water partition coefficient (Wildman–Crippen LogP) is 4.37. The molecule has 1 aromatic rings. The van der Waals surface area contributed by atoms with Gasteiger partial charge in [0.05, 0.1) is 31.4 Å². The highest BCUT2D eigenvalue weighted by Crippen LogP contribution is 2.31. The minimum atomic E-state index is -0.685. The van der Waals surface area contributed by atoms with Crippen molar-refractivity contribution in [1.82, 2.24) is 10.6 Å². The second-order valence-electron chi connectivity index (χ2n) is 7.49. The van der Waals surface area contributed by atoms with Crippen molar-refractivity contribution in [2.24, 2.45) is 4.99 Å². The molecule has 3 N–H and O–H groups in total. The molecular formula is C22H38IN3O3S. The number of hydrogen-bond donors (Lipinski definition) is 3. The molecule has 6 nitrogen and oxygen atoms in total. The van der Waals surface area contributed by atoms with Crippen LogP contribution < -0.4 is 20.1 Å². The second-order valence-corrected chi connectivity index (χ2v) is 8.60. The standard InChI is InChI=1S/C22H37N3O3S.HI/c1-5-11-27-19-9-8-18(14-20(19)28-12-6-2)17(4)25-21(23-7-3)24-15-22(26)10-13-29-16-22;/h8-9,14,17,26H,5-7,10-13,15-16H2,1-4H3,(H2,23,24,25);1H. The molecule has 1 aromatic carbocycles. The summed E-state index contributed by atoms with van der Waals surface area (Å²) in [5.41, 5.74) is 0.413. The minimum absolute atomic E-state index is 0. The van der Waals surface area contributed by atoms with Crippen LogP contribution in [0.3, 0.4) is 0 Å². The number of nitrogens with one attached hydrogen (secondary N) is 2. The smallest absolute Gasteiger partial charge is 0.191 e. The summed E-state index contributed by atoms with van der Waals surface area (Å²) in [4.78, 5) is 4.64. The minimum Gasteiger partial charge on any atom is -0.490 e. The molecule has 0 spiro atoms. The van der Waals surface area contributed by atoms with Gasteiger partial charge in [0, 0.05) is 12.3 Å². The molecule has 0 bridgehead atoms. The van der Waals surface area contributed by atoms with Crippen LogP contribution in [0.25, 0.3) is 0 Å². The number of aliphatic hydroxyl groups is 1. The first kappa shape index (κ1) is 27.2. The normalized spacial score (nSPS) is 19.7. The number of nitrogens with zero attached hydrogens (tertiary/aromatic N) is 1. The molecule has 2 unspecified atom stereocenters. The molecule has 1 aliphatic heterocycles. The molecule has 0 radical (unpaired) electrons. The van der Waals surface area contributed by atoms with Gasteiger partial charge >= 0.3 is 0 Å². The van der Waals surface area contributed by atoms with E-state index in [1.54, 1.807) is 11.8 Å². The van der Waals surface area contributed by atoms with Crippen LogP contribution in [0.1, 0.15) is 58.6 Å². The molecule has 1 heterocycles. The molecule has 8 heteroatoms. The van der Waals surface area contributed by atoms with Gasteiger partial charge in [0.2, 0.25) is 0 Å². The zero-order chi connectivity index (χ0) is 21.1. The Labute approximate surface area is 203 Å². The van der Waals surface area contributed by atoms with Crippen molar-refractivity contribution >= 4 is 41.7 Å². The van der Waals surface area contributed by atoms with E-state index in [-0.39, 0.29) is 30.0 Å². The number of ether oxygens (including phenoxy) is 2. The Hall–Kier alpha value is -0.870. The molecule has 0 aliphatic carbocycles. The Morgan fingerprint density at radius 3 is 2.50 bits per heavy atom. The Balaban J connectivity index is 0.00000450.